The maximum Gasteiger partial charge on any atom is 0.243 e. The summed E-state index contributed by atoms with van der Waals surface area (Å²) in [6, 6.07) is 6.31. The van der Waals surface area contributed by atoms with Crippen LogP contribution < -0.4 is 4.74 Å². The molecule has 1 aromatic rings. The van der Waals surface area contributed by atoms with Crippen LogP contribution in [0, 0.1) is 0 Å². The van der Waals surface area contributed by atoms with E-state index in [2.05, 4.69) is 11.8 Å². The van der Waals surface area contributed by atoms with Crippen molar-refractivity contribution in [1.82, 2.24) is 9.21 Å². The van der Waals surface area contributed by atoms with Crippen molar-refractivity contribution >= 4 is 32.7 Å². The van der Waals surface area contributed by atoms with E-state index < -0.39 is 10.0 Å². The SMILES string of the molecule is CC(C)=O.CCCCOc1ccc(S(=O)(=O)N(CCN2CCOCC2)[C@@H](C)CSC(C)=O)cc1. The van der Waals surface area contributed by atoms with Gasteiger partial charge in [0.25, 0.3) is 0 Å². The molecule has 0 spiro atoms. The normalized spacial score (nSPS) is 15.4. The van der Waals surface area contributed by atoms with Crippen LogP contribution in [0.5, 0.6) is 5.75 Å². The Hall–Kier alpha value is -1.46. The van der Waals surface area contributed by atoms with Crippen LogP contribution in [0.15, 0.2) is 29.2 Å². The first kappa shape index (κ1) is 30.6. The van der Waals surface area contributed by atoms with E-state index in [4.69, 9.17) is 9.47 Å². The van der Waals surface area contributed by atoms with Gasteiger partial charge >= 0.3 is 0 Å². The highest BCUT2D eigenvalue weighted by Gasteiger charge is 2.30. The van der Waals surface area contributed by atoms with Crippen LogP contribution in [0.25, 0.3) is 0 Å². The van der Waals surface area contributed by atoms with E-state index in [1.807, 2.05) is 6.92 Å². The molecule has 10 heteroatoms. The molecule has 2 rings (SSSR count). The smallest absolute Gasteiger partial charge is 0.243 e. The predicted octanol–water partition coefficient (Wildman–Crippen LogP) is 3.45. The van der Waals surface area contributed by atoms with Crippen LogP contribution >= 0.6 is 11.8 Å². The number of unbranched alkanes of at least 4 members (excludes halogenated alkanes) is 1. The average Bonchev–Trinajstić information content (AvgIpc) is 2.78. The maximum atomic E-state index is 13.4. The summed E-state index contributed by atoms with van der Waals surface area (Å²) in [5.74, 6) is 1.26. The molecule has 1 aliphatic rings. The molecule has 8 nitrogen and oxygen atoms in total. The number of rotatable bonds is 12. The molecule has 0 unspecified atom stereocenters. The highest BCUT2D eigenvalue weighted by atomic mass is 32.2. The summed E-state index contributed by atoms with van der Waals surface area (Å²) in [5, 5.41) is -0.0130. The van der Waals surface area contributed by atoms with Gasteiger partial charge < -0.3 is 14.3 Å². The van der Waals surface area contributed by atoms with Crippen molar-refractivity contribution < 1.29 is 27.5 Å². The molecule has 0 N–H and O–H groups in total. The quantitative estimate of drug-likeness (QED) is 0.390. The molecule has 1 heterocycles. The molecule has 194 valence electrons. The lowest BCUT2D eigenvalue weighted by Crippen LogP contribution is -2.46. The van der Waals surface area contributed by atoms with E-state index in [1.54, 1.807) is 24.3 Å². The topological polar surface area (TPSA) is 93.2 Å². The summed E-state index contributed by atoms with van der Waals surface area (Å²) >= 11 is 1.16. The fourth-order valence-electron chi connectivity index (χ4n) is 3.14. The number of hydrogen-bond acceptors (Lipinski definition) is 8. The molecule has 1 saturated heterocycles. The van der Waals surface area contributed by atoms with Crippen LogP contribution in [-0.2, 0) is 24.3 Å². The third kappa shape index (κ3) is 11.8. The lowest BCUT2D eigenvalue weighted by atomic mass is 10.3. The Labute approximate surface area is 209 Å². The zero-order chi connectivity index (χ0) is 25.6. The molecule has 0 bridgehead atoms. The summed E-state index contributed by atoms with van der Waals surface area (Å²) in [6.45, 7) is 13.1. The summed E-state index contributed by atoms with van der Waals surface area (Å²) in [5.41, 5.74) is 0. The summed E-state index contributed by atoms with van der Waals surface area (Å²) < 4.78 is 39.4. The predicted molar refractivity (Wildman–Crippen MR) is 137 cm³/mol. The first-order valence-corrected chi connectivity index (χ1v) is 14.2. The maximum absolute atomic E-state index is 13.4. The van der Waals surface area contributed by atoms with Gasteiger partial charge in [-0.3, -0.25) is 9.69 Å². The molecular weight excluding hydrogens is 476 g/mol. The van der Waals surface area contributed by atoms with Crippen molar-refractivity contribution in [3.05, 3.63) is 24.3 Å². The van der Waals surface area contributed by atoms with E-state index in [0.29, 0.717) is 44.4 Å². The Morgan fingerprint density at radius 2 is 1.74 bits per heavy atom. The Bertz CT molecular complexity index is 836. The molecule has 0 saturated carbocycles. The number of hydrogen-bond donors (Lipinski definition) is 0. The van der Waals surface area contributed by atoms with Gasteiger partial charge in [0.15, 0.2) is 5.12 Å². The number of nitrogens with zero attached hydrogens (tertiary/aromatic N) is 2. The third-order valence-electron chi connectivity index (χ3n) is 4.96. The van der Waals surface area contributed by atoms with Crippen LogP contribution in [-0.4, -0.2) is 86.3 Å². The zero-order valence-electron chi connectivity index (χ0n) is 21.1. The van der Waals surface area contributed by atoms with Crippen molar-refractivity contribution in [2.24, 2.45) is 0 Å². The zero-order valence-corrected chi connectivity index (χ0v) is 22.8. The number of carbonyl (C=O) groups excluding carboxylic acids is 2. The number of sulfonamides is 1. The van der Waals surface area contributed by atoms with Gasteiger partial charge in [0.1, 0.15) is 11.5 Å². The minimum absolute atomic E-state index is 0.0130. The second-order valence-corrected chi connectivity index (χ2v) is 11.4. The van der Waals surface area contributed by atoms with Crippen molar-refractivity contribution in [3.8, 4) is 5.75 Å². The number of thioether (sulfide) groups is 1. The first-order chi connectivity index (χ1) is 16.1. The standard InChI is InChI=1S/C21H34N2O5S2.C3H6O/c1-4-5-14-28-20-6-8-21(9-7-20)30(25,26)23(18(2)17-29-19(3)24)11-10-22-12-15-27-16-13-22;1-3(2)4/h6-9,18H,4-5,10-17H2,1-3H3;1-2H3/t18-;/m0./s1. The highest BCUT2D eigenvalue weighted by molar-refractivity contribution is 8.13. The Morgan fingerprint density at radius 1 is 1.15 bits per heavy atom. The monoisotopic (exact) mass is 516 g/mol. The van der Waals surface area contributed by atoms with Gasteiger partial charge in [-0.2, -0.15) is 4.31 Å². The summed E-state index contributed by atoms with van der Waals surface area (Å²) in [7, 11) is -3.70. The van der Waals surface area contributed by atoms with E-state index >= 15 is 0 Å². The molecular formula is C24H40N2O6S2. The minimum Gasteiger partial charge on any atom is -0.494 e. The lowest BCUT2D eigenvalue weighted by molar-refractivity contribution is -0.115. The van der Waals surface area contributed by atoms with Crippen molar-refractivity contribution in [2.75, 3.05) is 51.8 Å². The third-order valence-corrected chi connectivity index (χ3v) is 8.04. The van der Waals surface area contributed by atoms with E-state index in [9.17, 15) is 18.0 Å². The molecule has 1 fully saturated rings. The summed E-state index contributed by atoms with van der Waals surface area (Å²) in [4.78, 5) is 23.3. The van der Waals surface area contributed by atoms with Gasteiger partial charge in [-0.25, -0.2) is 8.42 Å². The fourth-order valence-corrected chi connectivity index (χ4v) is 5.51. The van der Waals surface area contributed by atoms with Gasteiger partial charge in [0.2, 0.25) is 10.0 Å². The average molecular weight is 517 g/mol. The Morgan fingerprint density at radius 3 is 2.26 bits per heavy atom. The number of benzene rings is 1. The van der Waals surface area contributed by atoms with Gasteiger partial charge in [0, 0.05) is 44.9 Å². The van der Waals surface area contributed by atoms with Crippen LogP contribution in [0.4, 0.5) is 0 Å². The number of ketones is 1. The number of morpholine rings is 1. The van der Waals surface area contributed by atoms with E-state index in [1.165, 1.54) is 25.1 Å². The number of Topliss-reactive ketones (excluding diaryl/α,β-unsaturated/α-hetero) is 1. The second-order valence-electron chi connectivity index (χ2n) is 8.30. The lowest BCUT2D eigenvalue weighted by Gasteiger charge is -2.32. The van der Waals surface area contributed by atoms with Crippen molar-refractivity contribution in [3.63, 3.8) is 0 Å². The van der Waals surface area contributed by atoms with Crippen LogP contribution in [0.1, 0.15) is 47.5 Å². The molecule has 1 aliphatic heterocycles. The fraction of sp³-hybridized carbons (Fsp3) is 0.667. The van der Waals surface area contributed by atoms with Crippen LogP contribution in [0.3, 0.4) is 0 Å². The molecule has 0 radical (unpaired) electrons. The van der Waals surface area contributed by atoms with Gasteiger partial charge in [0.05, 0.1) is 24.7 Å². The van der Waals surface area contributed by atoms with Gasteiger partial charge in [-0.05, 0) is 51.5 Å². The largest absolute Gasteiger partial charge is 0.494 e. The molecule has 0 aromatic heterocycles. The minimum atomic E-state index is -3.70. The van der Waals surface area contributed by atoms with Gasteiger partial charge in [-0.1, -0.05) is 25.1 Å². The number of ether oxygens (including phenoxy) is 2. The molecule has 34 heavy (non-hydrogen) atoms. The second kappa shape index (κ2) is 16.3. The Kier molecular flexibility index (Phi) is 14.6. The molecule has 1 atom stereocenters. The first-order valence-electron chi connectivity index (χ1n) is 11.7. The van der Waals surface area contributed by atoms with Gasteiger partial charge in [-0.15, -0.1) is 0 Å². The van der Waals surface area contributed by atoms with Crippen molar-refractivity contribution in [1.29, 1.82) is 0 Å². The number of carbonyl (C=O) groups is 2. The van der Waals surface area contributed by atoms with Crippen molar-refractivity contribution in [2.45, 2.75) is 58.4 Å². The molecule has 0 aliphatic carbocycles. The highest BCUT2D eigenvalue weighted by Crippen LogP contribution is 2.23. The molecule has 0 amide bonds. The molecule has 1 aromatic carbocycles. The Balaban J connectivity index is 0.00000133. The van der Waals surface area contributed by atoms with E-state index in [0.717, 1.165) is 37.7 Å². The van der Waals surface area contributed by atoms with Crippen LogP contribution in [0.2, 0.25) is 0 Å². The van der Waals surface area contributed by atoms with E-state index in [-0.39, 0.29) is 21.8 Å². The summed E-state index contributed by atoms with van der Waals surface area (Å²) in [6.07, 6.45) is 2.00.